The second-order valence-corrected chi connectivity index (χ2v) is 6.45. The van der Waals surface area contributed by atoms with Crippen LogP contribution >= 0.6 is 11.6 Å². The molecule has 7 heteroatoms. The molecule has 0 radical (unpaired) electrons. The van der Waals surface area contributed by atoms with Crippen LogP contribution < -0.4 is 19.5 Å². The van der Waals surface area contributed by atoms with Crippen LogP contribution in [0.4, 0.5) is 0 Å². The number of nitrogens with one attached hydrogen (secondary N) is 1. The third-order valence-electron chi connectivity index (χ3n) is 3.82. The van der Waals surface area contributed by atoms with Crippen molar-refractivity contribution in [2.24, 2.45) is 0 Å². The Hall–Kier alpha value is -2.44. The van der Waals surface area contributed by atoms with Gasteiger partial charge < -0.3 is 19.5 Å². The molecular weight excluding hydrogens is 368 g/mol. The van der Waals surface area contributed by atoms with Gasteiger partial charge in [-0.15, -0.1) is 0 Å². The zero-order valence-electron chi connectivity index (χ0n) is 15.8. The molecule has 0 unspecified atom stereocenters. The van der Waals surface area contributed by atoms with E-state index >= 15 is 0 Å². The molecule has 0 spiro atoms. The second kappa shape index (κ2) is 10.6. The molecule has 0 saturated heterocycles. The summed E-state index contributed by atoms with van der Waals surface area (Å²) in [6.45, 7) is 1.74. The highest BCUT2D eigenvalue weighted by atomic mass is 35.5. The minimum absolute atomic E-state index is 0.0577. The molecule has 146 valence electrons. The summed E-state index contributed by atoms with van der Waals surface area (Å²) in [7, 11) is 5.09. The monoisotopic (exact) mass is 392 g/mol. The van der Waals surface area contributed by atoms with E-state index in [-0.39, 0.29) is 12.5 Å². The van der Waals surface area contributed by atoms with Crippen molar-refractivity contribution >= 4 is 17.5 Å². The molecule has 0 heterocycles. The van der Waals surface area contributed by atoms with Gasteiger partial charge in [0, 0.05) is 11.6 Å². The van der Waals surface area contributed by atoms with Gasteiger partial charge in [0.1, 0.15) is 12.4 Å². The van der Waals surface area contributed by atoms with Crippen molar-refractivity contribution in [1.29, 1.82) is 0 Å². The van der Waals surface area contributed by atoms with E-state index in [1.165, 1.54) is 0 Å². The maximum Gasteiger partial charge on any atom is 0.234 e. The lowest BCUT2D eigenvalue weighted by atomic mass is 10.2. The number of hydrogen-bond donors (Lipinski definition) is 1. The molecule has 2 aromatic rings. The van der Waals surface area contributed by atoms with E-state index < -0.39 is 0 Å². The van der Waals surface area contributed by atoms with Crippen LogP contribution in [-0.4, -0.2) is 51.8 Å². The number of rotatable bonds is 10. The SMILES string of the molecule is COc1ccc(CN(C)CC(=O)NCCOc2ccc(Cl)cc2)cc1OC. The zero-order chi connectivity index (χ0) is 19.6. The van der Waals surface area contributed by atoms with E-state index in [4.69, 9.17) is 25.8 Å². The van der Waals surface area contributed by atoms with Crippen LogP contribution in [0.5, 0.6) is 17.2 Å². The minimum atomic E-state index is -0.0577. The molecule has 0 saturated carbocycles. The van der Waals surface area contributed by atoms with Gasteiger partial charge in [-0.2, -0.15) is 0 Å². The lowest BCUT2D eigenvalue weighted by Crippen LogP contribution is -2.36. The Balaban J connectivity index is 1.71. The Labute approximate surface area is 165 Å². The molecule has 1 N–H and O–H groups in total. The highest BCUT2D eigenvalue weighted by molar-refractivity contribution is 6.30. The van der Waals surface area contributed by atoms with Crippen molar-refractivity contribution in [2.75, 3.05) is 41.0 Å². The minimum Gasteiger partial charge on any atom is -0.493 e. The topological polar surface area (TPSA) is 60.0 Å². The molecular formula is C20H25ClN2O4. The third-order valence-corrected chi connectivity index (χ3v) is 4.07. The van der Waals surface area contributed by atoms with Gasteiger partial charge in [-0.3, -0.25) is 9.69 Å². The predicted octanol–water partition coefficient (Wildman–Crippen LogP) is 2.98. The fraction of sp³-hybridized carbons (Fsp3) is 0.350. The number of methoxy groups -OCH3 is 2. The summed E-state index contributed by atoms with van der Waals surface area (Å²) in [4.78, 5) is 14.0. The van der Waals surface area contributed by atoms with E-state index in [2.05, 4.69) is 5.32 Å². The third kappa shape index (κ3) is 7.00. The van der Waals surface area contributed by atoms with E-state index in [0.717, 1.165) is 11.3 Å². The Kier molecular flexibility index (Phi) is 8.23. The van der Waals surface area contributed by atoms with Gasteiger partial charge in [0.2, 0.25) is 5.91 Å². The van der Waals surface area contributed by atoms with Crippen molar-refractivity contribution in [3.05, 3.63) is 53.1 Å². The van der Waals surface area contributed by atoms with Crippen LogP contribution in [0.15, 0.2) is 42.5 Å². The Bertz CT molecular complexity index is 737. The van der Waals surface area contributed by atoms with Crippen LogP contribution in [0.2, 0.25) is 5.02 Å². The molecule has 1 amide bonds. The summed E-state index contributed by atoms with van der Waals surface area (Å²) < 4.78 is 16.1. The molecule has 0 aliphatic carbocycles. The maximum atomic E-state index is 12.1. The van der Waals surface area contributed by atoms with Crippen LogP contribution in [0.1, 0.15) is 5.56 Å². The number of ether oxygens (including phenoxy) is 3. The van der Waals surface area contributed by atoms with Crippen molar-refractivity contribution < 1.29 is 19.0 Å². The Morgan fingerprint density at radius 1 is 1.07 bits per heavy atom. The predicted molar refractivity (Wildman–Crippen MR) is 106 cm³/mol. The van der Waals surface area contributed by atoms with E-state index in [1.54, 1.807) is 38.5 Å². The zero-order valence-corrected chi connectivity index (χ0v) is 16.6. The number of likely N-dealkylation sites (N-methyl/N-ethyl adjacent to an activating group) is 1. The van der Waals surface area contributed by atoms with Crippen LogP contribution in [-0.2, 0) is 11.3 Å². The summed E-state index contributed by atoms with van der Waals surface area (Å²) in [5.74, 6) is 2.02. The quantitative estimate of drug-likeness (QED) is 0.630. The van der Waals surface area contributed by atoms with Gasteiger partial charge in [-0.1, -0.05) is 17.7 Å². The van der Waals surface area contributed by atoms with Gasteiger partial charge in [-0.25, -0.2) is 0 Å². The molecule has 0 aromatic heterocycles. The number of nitrogens with zero attached hydrogens (tertiary/aromatic N) is 1. The summed E-state index contributed by atoms with van der Waals surface area (Å²) in [6.07, 6.45) is 0. The molecule has 0 bridgehead atoms. The molecule has 2 rings (SSSR count). The van der Waals surface area contributed by atoms with E-state index in [9.17, 15) is 4.79 Å². The normalized spacial score (nSPS) is 10.6. The first kappa shape index (κ1) is 20.9. The van der Waals surface area contributed by atoms with Gasteiger partial charge >= 0.3 is 0 Å². The van der Waals surface area contributed by atoms with E-state index in [1.807, 2.05) is 30.1 Å². The van der Waals surface area contributed by atoms with Gasteiger partial charge in [-0.05, 0) is 49.0 Å². The number of amides is 1. The summed E-state index contributed by atoms with van der Waals surface area (Å²) in [5, 5.41) is 3.51. The maximum absolute atomic E-state index is 12.1. The van der Waals surface area contributed by atoms with Gasteiger partial charge in [0.25, 0.3) is 0 Å². The standard InChI is InChI=1S/C20H25ClN2O4/c1-23(13-15-4-9-18(25-2)19(12-15)26-3)14-20(24)22-10-11-27-17-7-5-16(21)6-8-17/h4-9,12H,10-11,13-14H2,1-3H3,(H,22,24). The Morgan fingerprint density at radius 2 is 1.78 bits per heavy atom. The second-order valence-electron chi connectivity index (χ2n) is 6.01. The molecule has 0 aliphatic heterocycles. The lowest BCUT2D eigenvalue weighted by molar-refractivity contribution is -0.122. The molecule has 6 nitrogen and oxygen atoms in total. The van der Waals surface area contributed by atoms with Crippen molar-refractivity contribution in [1.82, 2.24) is 10.2 Å². The molecule has 2 aromatic carbocycles. The summed E-state index contributed by atoms with van der Waals surface area (Å²) in [5.41, 5.74) is 1.04. The first-order valence-electron chi connectivity index (χ1n) is 8.56. The van der Waals surface area contributed by atoms with Gasteiger partial charge in [0.15, 0.2) is 11.5 Å². The molecule has 0 fully saturated rings. The number of carbonyl (C=O) groups is 1. The fourth-order valence-corrected chi connectivity index (χ4v) is 2.66. The smallest absolute Gasteiger partial charge is 0.234 e. The summed E-state index contributed by atoms with van der Waals surface area (Å²) in [6, 6.07) is 12.8. The van der Waals surface area contributed by atoms with E-state index in [0.29, 0.717) is 36.2 Å². The van der Waals surface area contributed by atoms with Crippen LogP contribution in [0.3, 0.4) is 0 Å². The number of halogens is 1. The largest absolute Gasteiger partial charge is 0.493 e. The first-order valence-corrected chi connectivity index (χ1v) is 8.94. The number of hydrogen-bond acceptors (Lipinski definition) is 5. The highest BCUT2D eigenvalue weighted by Crippen LogP contribution is 2.27. The molecule has 0 atom stereocenters. The number of benzene rings is 2. The average molecular weight is 393 g/mol. The summed E-state index contributed by atoms with van der Waals surface area (Å²) >= 11 is 5.82. The fourth-order valence-electron chi connectivity index (χ4n) is 2.54. The van der Waals surface area contributed by atoms with Crippen molar-refractivity contribution in [3.8, 4) is 17.2 Å². The first-order chi connectivity index (χ1) is 13.0. The lowest BCUT2D eigenvalue weighted by Gasteiger charge is -2.17. The van der Waals surface area contributed by atoms with Crippen molar-refractivity contribution in [3.63, 3.8) is 0 Å². The molecule has 0 aliphatic rings. The highest BCUT2D eigenvalue weighted by Gasteiger charge is 2.09. The molecule has 27 heavy (non-hydrogen) atoms. The van der Waals surface area contributed by atoms with Crippen molar-refractivity contribution in [2.45, 2.75) is 6.54 Å². The van der Waals surface area contributed by atoms with Crippen LogP contribution in [0, 0.1) is 0 Å². The average Bonchev–Trinajstić information content (AvgIpc) is 2.66. The Morgan fingerprint density at radius 3 is 2.44 bits per heavy atom. The van der Waals surface area contributed by atoms with Gasteiger partial charge in [0.05, 0.1) is 27.3 Å². The number of carbonyl (C=O) groups excluding carboxylic acids is 1. The van der Waals surface area contributed by atoms with Crippen LogP contribution in [0.25, 0.3) is 0 Å².